The van der Waals surface area contributed by atoms with E-state index in [1.807, 2.05) is 48.6 Å². The average Bonchev–Trinajstić information content (AvgIpc) is 2.52. The maximum Gasteiger partial charge on any atom is 0.0248 e. The highest BCUT2D eigenvalue weighted by Gasteiger charge is 2.04. The minimum absolute atomic E-state index is 0.346. The molecule has 1 atom stereocenters. The van der Waals surface area contributed by atoms with Crippen molar-refractivity contribution in [3.8, 4) is 11.8 Å². The molecule has 2 aromatic rings. The Bertz CT molecular complexity index is 609. The standard InChI is InChI=1S/C20H18/c1-2-11-19(20-15-7-4-8-16-20)17-10-9-14-18-12-5-3-6-13-18/h2-8,10,12-13,15-17,19H,1,11H2/b17-10+. The zero-order chi connectivity index (χ0) is 14.0. The van der Waals surface area contributed by atoms with Gasteiger partial charge in [-0.3, -0.25) is 0 Å². The molecule has 0 bridgehead atoms. The molecule has 0 amide bonds. The van der Waals surface area contributed by atoms with Gasteiger partial charge in [0.15, 0.2) is 0 Å². The Labute approximate surface area is 121 Å². The Morgan fingerprint density at radius 3 is 2.25 bits per heavy atom. The quantitative estimate of drug-likeness (QED) is 0.537. The van der Waals surface area contributed by atoms with E-state index in [9.17, 15) is 0 Å². The first-order valence-electron chi connectivity index (χ1n) is 6.79. The summed E-state index contributed by atoms with van der Waals surface area (Å²) in [5.41, 5.74) is 2.34. The van der Waals surface area contributed by atoms with E-state index in [1.165, 1.54) is 5.56 Å². The molecule has 0 aliphatic rings. The smallest absolute Gasteiger partial charge is 0.0248 e. The van der Waals surface area contributed by atoms with E-state index in [1.54, 1.807) is 0 Å². The van der Waals surface area contributed by atoms with Crippen LogP contribution in [0.4, 0.5) is 0 Å². The predicted octanol–water partition coefficient (Wildman–Crippen LogP) is 4.95. The zero-order valence-corrected chi connectivity index (χ0v) is 11.5. The van der Waals surface area contributed by atoms with Gasteiger partial charge in [-0.1, -0.05) is 72.5 Å². The maximum absolute atomic E-state index is 3.83. The van der Waals surface area contributed by atoms with Crippen LogP contribution in [0.25, 0.3) is 0 Å². The summed E-state index contributed by atoms with van der Waals surface area (Å²) >= 11 is 0. The van der Waals surface area contributed by atoms with Gasteiger partial charge in [-0.05, 0) is 30.2 Å². The van der Waals surface area contributed by atoms with Gasteiger partial charge in [0.1, 0.15) is 0 Å². The summed E-state index contributed by atoms with van der Waals surface area (Å²) in [4.78, 5) is 0. The topological polar surface area (TPSA) is 0 Å². The fraction of sp³-hybridized carbons (Fsp3) is 0.100. The minimum atomic E-state index is 0.346. The van der Waals surface area contributed by atoms with E-state index in [0.717, 1.165) is 12.0 Å². The summed E-state index contributed by atoms with van der Waals surface area (Å²) in [7, 11) is 0. The van der Waals surface area contributed by atoms with Gasteiger partial charge in [0, 0.05) is 11.5 Å². The fourth-order valence-corrected chi connectivity index (χ4v) is 2.02. The molecular weight excluding hydrogens is 240 g/mol. The van der Waals surface area contributed by atoms with Crippen LogP contribution in [0.1, 0.15) is 23.5 Å². The van der Waals surface area contributed by atoms with Gasteiger partial charge in [0.25, 0.3) is 0 Å². The van der Waals surface area contributed by atoms with Crippen molar-refractivity contribution >= 4 is 0 Å². The molecule has 1 unspecified atom stereocenters. The summed E-state index contributed by atoms with van der Waals surface area (Å²) in [6.07, 6.45) is 6.96. The fourth-order valence-electron chi connectivity index (χ4n) is 2.02. The molecule has 0 N–H and O–H groups in total. The Hall–Kier alpha value is -2.52. The van der Waals surface area contributed by atoms with Crippen LogP contribution in [-0.2, 0) is 0 Å². The molecule has 0 nitrogen and oxygen atoms in total. The summed E-state index contributed by atoms with van der Waals surface area (Å²) < 4.78 is 0. The van der Waals surface area contributed by atoms with Crippen molar-refractivity contribution in [2.75, 3.05) is 0 Å². The van der Waals surface area contributed by atoms with Crippen LogP contribution < -0.4 is 0 Å². The van der Waals surface area contributed by atoms with Crippen molar-refractivity contribution in [3.63, 3.8) is 0 Å². The van der Waals surface area contributed by atoms with E-state index in [4.69, 9.17) is 0 Å². The largest absolute Gasteiger partial charge is 0.103 e. The van der Waals surface area contributed by atoms with Crippen molar-refractivity contribution in [2.45, 2.75) is 12.3 Å². The molecule has 0 spiro atoms. The molecule has 0 saturated heterocycles. The van der Waals surface area contributed by atoms with Gasteiger partial charge in [-0.15, -0.1) is 6.58 Å². The lowest BCUT2D eigenvalue weighted by atomic mass is 9.95. The van der Waals surface area contributed by atoms with Crippen LogP contribution in [0.5, 0.6) is 0 Å². The van der Waals surface area contributed by atoms with Crippen LogP contribution >= 0.6 is 0 Å². The second-order valence-electron chi connectivity index (χ2n) is 4.54. The molecule has 0 aliphatic carbocycles. The number of hydrogen-bond donors (Lipinski definition) is 0. The number of hydrogen-bond acceptors (Lipinski definition) is 0. The average molecular weight is 258 g/mol. The first-order valence-corrected chi connectivity index (χ1v) is 6.79. The van der Waals surface area contributed by atoms with E-state index >= 15 is 0 Å². The van der Waals surface area contributed by atoms with Crippen molar-refractivity contribution < 1.29 is 0 Å². The van der Waals surface area contributed by atoms with Crippen molar-refractivity contribution in [1.82, 2.24) is 0 Å². The van der Waals surface area contributed by atoms with Crippen LogP contribution in [0.15, 0.2) is 85.5 Å². The molecule has 0 saturated carbocycles. The third-order valence-electron chi connectivity index (χ3n) is 3.05. The SMILES string of the molecule is C=CCC(/C=C/C#Cc1ccccc1)c1ccccc1. The van der Waals surface area contributed by atoms with Crippen LogP contribution in [0.3, 0.4) is 0 Å². The third-order valence-corrected chi connectivity index (χ3v) is 3.05. The zero-order valence-electron chi connectivity index (χ0n) is 11.5. The molecular formula is C20H18. The molecule has 2 aromatic carbocycles. The third kappa shape index (κ3) is 4.30. The normalized spacial score (nSPS) is 11.6. The lowest BCUT2D eigenvalue weighted by Gasteiger charge is -2.09. The highest BCUT2D eigenvalue weighted by molar-refractivity contribution is 5.37. The van der Waals surface area contributed by atoms with Gasteiger partial charge in [-0.2, -0.15) is 0 Å². The number of allylic oxidation sites excluding steroid dienone is 3. The second-order valence-corrected chi connectivity index (χ2v) is 4.54. The molecule has 0 aromatic heterocycles. The highest BCUT2D eigenvalue weighted by Crippen LogP contribution is 2.21. The van der Waals surface area contributed by atoms with E-state index < -0.39 is 0 Å². The lowest BCUT2D eigenvalue weighted by Crippen LogP contribution is -1.92. The summed E-state index contributed by atoms with van der Waals surface area (Å²) in [6.45, 7) is 3.83. The van der Waals surface area contributed by atoms with E-state index in [0.29, 0.717) is 5.92 Å². The van der Waals surface area contributed by atoms with Crippen LogP contribution in [0, 0.1) is 11.8 Å². The molecule has 20 heavy (non-hydrogen) atoms. The molecule has 2 rings (SSSR count). The van der Waals surface area contributed by atoms with Crippen molar-refractivity contribution in [3.05, 3.63) is 96.6 Å². The number of rotatable bonds is 4. The summed E-state index contributed by atoms with van der Waals surface area (Å²) in [5.74, 6) is 6.57. The maximum atomic E-state index is 3.83. The number of benzene rings is 2. The molecule has 0 heteroatoms. The van der Waals surface area contributed by atoms with E-state index in [-0.39, 0.29) is 0 Å². The summed E-state index contributed by atoms with van der Waals surface area (Å²) in [6, 6.07) is 20.5. The van der Waals surface area contributed by atoms with Gasteiger partial charge in [-0.25, -0.2) is 0 Å². The molecule has 0 fully saturated rings. The molecule has 0 radical (unpaired) electrons. The first-order chi connectivity index (χ1) is 9.90. The highest BCUT2D eigenvalue weighted by atomic mass is 14.1. The van der Waals surface area contributed by atoms with Crippen molar-refractivity contribution in [1.29, 1.82) is 0 Å². The molecule has 98 valence electrons. The van der Waals surface area contributed by atoms with E-state index in [2.05, 4.69) is 48.8 Å². The Kier molecular flexibility index (Phi) is 5.43. The minimum Gasteiger partial charge on any atom is -0.103 e. The Morgan fingerprint density at radius 1 is 0.950 bits per heavy atom. The first kappa shape index (κ1) is 13.9. The summed E-state index contributed by atoms with van der Waals surface area (Å²) in [5, 5.41) is 0. The van der Waals surface area contributed by atoms with Crippen LogP contribution in [-0.4, -0.2) is 0 Å². The van der Waals surface area contributed by atoms with Gasteiger partial charge >= 0.3 is 0 Å². The molecule has 0 heterocycles. The van der Waals surface area contributed by atoms with Gasteiger partial charge in [0.2, 0.25) is 0 Å². The monoisotopic (exact) mass is 258 g/mol. The van der Waals surface area contributed by atoms with Gasteiger partial charge in [0.05, 0.1) is 0 Å². The lowest BCUT2D eigenvalue weighted by molar-refractivity contribution is 0.866. The Balaban J connectivity index is 2.07. The van der Waals surface area contributed by atoms with Gasteiger partial charge < -0.3 is 0 Å². The van der Waals surface area contributed by atoms with Crippen molar-refractivity contribution in [2.24, 2.45) is 0 Å². The predicted molar refractivity (Wildman–Crippen MR) is 86.5 cm³/mol. The Morgan fingerprint density at radius 2 is 1.60 bits per heavy atom. The second kappa shape index (κ2) is 7.81. The van der Waals surface area contributed by atoms with Crippen LogP contribution in [0.2, 0.25) is 0 Å². The molecule has 0 aliphatic heterocycles.